The van der Waals surface area contributed by atoms with Crippen molar-refractivity contribution in [2.75, 3.05) is 6.54 Å². The summed E-state index contributed by atoms with van der Waals surface area (Å²) in [5.74, 6) is 0.125. The first-order valence-corrected chi connectivity index (χ1v) is 10.7. The Balaban J connectivity index is 1.48. The largest absolute Gasteiger partial charge is 0.393 e. The molecule has 2 aliphatic rings. The highest BCUT2D eigenvalue weighted by Crippen LogP contribution is 2.36. The normalized spacial score (nSPS) is 25.3. The van der Waals surface area contributed by atoms with E-state index in [4.69, 9.17) is 23.2 Å². The molecule has 1 N–H and O–H groups in total. The zero-order valence-corrected chi connectivity index (χ0v) is 17.2. The number of aromatic nitrogens is 1. The van der Waals surface area contributed by atoms with Crippen LogP contribution in [-0.2, 0) is 11.2 Å². The average molecular weight is 419 g/mol. The van der Waals surface area contributed by atoms with Crippen LogP contribution in [0.2, 0.25) is 10.0 Å². The monoisotopic (exact) mass is 418 g/mol. The number of pyridine rings is 1. The Kier molecular flexibility index (Phi) is 5.91. The number of carbonyl (C=O) groups is 1. The number of halogens is 2. The molecular weight excluding hydrogens is 395 g/mol. The Hall–Kier alpha value is -1.62. The Morgan fingerprint density at radius 3 is 2.29 bits per heavy atom. The lowest BCUT2D eigenvalue weighted by Crippen LogP contribution is -2.41. The number of hydrogen-bond acceptors (Lipinski definition) is 3. The number of benzene rings is 1. The highest BCUT2D eigenvalue weighted by Gasteiger charge is 2.37. The SMILES string of the molecule is O=C1C(Cc2c(Cl)cc(-c3ccncc3)cc2Cl)CCN1[C@H]1CC[C@@H](O)CC1. The van der Waals surface area contributed by atoms with E-state index in [2.05, 4.69) is 4.98 Å². The molecule has 1 aromatic heterocycles. The summed E-state index contributed by atoms with van der Waals surface area (Å²) in [5.41, 5.74) is 2.80. The lowest BCUT2D eigenvalue weighted by atomic mass is 9.92. The zero-order valence-electron chi connectivity index (χ0n) is 15.7. The highest BCUT2D eigenvalue weighted by atomic mass is 35.5. The van der Waals surface area contributed by atoms with E-state index < -0.39 is 0 Å². The van der Waals surface area contributed by atoms with E-state index >= 15 is 0 Å². The first-order chi connectivity index (χ1) is 13.5. The Morgan fingerprint density at radius 2 is 1.64 bits per heavy atom. The van der Waals surface area contributed by atoms with E-state index in [9.17, 15) is 9.90 Å². The van der Waals surface area contributed by atoms with Crippen LogP contribution >= 0.6 is 23.2 Å². The molecule has 1 aromatic carbocycles. The molecule has 28 heavy (non-hydrogen) atoms. The zero-order chi connectivity index (χ0) is 19.7. The van der Waals surface area contributed by atoms with Gasteiger partial charge in [-0.05, 0) is 79.5 Å². The topological polar surface area (TPSA) is 53.4 Å². The molecule has 1 saturated heterocycles. The van der Waals surface area contributed by atoms with Gasteiger partial charge in [-0.3, -0.25) is 9.78 Å². The van der Waals surface area contributed by atoms with Crippen LogP contribution in [-0.4, -0.2) is 39.6 Å². The fourth-order valence-corrected chi connectivity index (χ4v) is 5.08. The second-order valence-electron chi connectivity index (χ2n) is 7.84. The van der Waals surface area contributed by atoms with Gasteiger partial charge in [-0.1, -0.05) is 23.2 Å². The summed E-state index contributed by atoms with van der Waals surface area (Å²) in [6.45, 7) is 0.786. The molecule has 0 bridgehead atoms. The number of likely N-dealkylation sites (tertiary alicyclic amines) is 1. The van der Waals surface area contributed by atoms with Gasteiger partial charge in [0.25, 0.3) is 0 Å². The maximum atomic E-state index is 13.0. The van der Waals surface area contributed by atoms with Crippen LogP contribution in [0.1, 0.15) is 37.7 Å². The molecule has 2 aromatic rings. The van der Waals surface area contributed by atoms with Crippen molar-refractivity contribution in [3.63, 3.8) is 0 Å². The van der Waals surface area contributed by atoms with E-state index in [1.807, 2.05) is 29.2 Å². The maximum absolute atomic E-state index is 13.0. The minimum atomic E-state index is -0.207. The minimum absolute atomic E-state index is 0.0753. The average Bonchev–Trinajstić information content (AvgIpc) is 3.06. The molecule has 1 amide bonds. The van der Waals surface area contributed by atoms with Crippen LogP contribution in [0.5, 0.6) is 0 Å². The summed E-state index contributed by atoms with van der Waals surface area (Å²) in [6, 6.07) is 7.93. The summed E-state index contributed by atoms with van der Waals surface area (Å²) in [7, 11) is 0. The van der Waals surface area contributed by atoms with Gasteiger partial charge >= 0.3 is 0 Å². The highest BCUT2D eigenvalue weighted by molar-refractivity contribution is 6.36. The molecule has 6 heteroatoms. The third-order valence-corrected chi connectivity index (χ3v) is 6.74. The summed E-state index contributed by atoms with van der Waals surface area (Å²) in [4.78, 5) is 19.0. The van der Waals surface area contributed by atoms with Crippen molar-refractivity contribution in [3.8, 4) is 11.1 Å². The minimum Gasteiger partial charge on any atom is -0.393 e. The van der Waals surface area contributed by atoms with Crippen LogP contribution in [0.15, 0.2) is 36.7 Å². The molecule has 1 atom stereocenters. The number of aliphatic hydroxyl groups is 1. The number of nitrogens with zero attached hydrogens (tertiary/aromatic N) is 2. The predicted octanol–water partition coefficient (Wildman–Crippen LogP) is 4.75. The van der Waals surface area contributed by atoms with Crippen molar-refractivity contribution in [3.05, 3.63) is 52.3 Å². The van der Waals surface area contributed by atoms with E-state index in [0.717, 1.165) is 55.3 Å². The summed E-state index contributed by atoms with van der Waals surface area (Å²) in [5, 5.41) is 10.9. The Labute approximate surface area is 175 Å². The van der Waals surface area contributed by atoms with Crippen LogP contribution in [0.25, 0.3) is 11.1 Å². The van der Waals surface area contributed by atoms with Gasteiger partial charge < -0.3 is 10.0 Å². The molecule has 2 heterocycles. The summed E-state index contributed by atoms with van der Waals surface area (Å²) in [6.07, 6.45) is 8.02. The van der Waals surface area contributed by atoms with Gasteiger partial charge in [0.05, 0.1) is 6.10 Å². The van der Waals surface area contributed by atoms with Gasteiger partial charge in [0.1, 0.15) is 0 Å². The van der Waals surface area contributed by atoms with E-state index in [1.54, 1.807) is 12.4 Å². The summed E-state index contributed by atoms with van der Waals surface area (Å²) >= 11 is 13.1. The van der Waals surface area contributed by atoms with Gasteiger partial charge in [-0.2, -0.15) is 0 Å². The number of carbonyl (C=O) groups excluding carboxylic acids is 1. The van der Waals surface area contributed by atoms with Gasteiger partial charge in [-0.15, -0.1) is 0 Å². The molecule has 2 fully saturated rings. The van der Waals surface area contributed by atoms with Crippen LogP contribution in [0, 0.1) is 5.92 Å². The quantitative estimate of drug-likeness (QED) is 0.778. The van der Waals surface area contributed by atoms with Crippen molar-refractivity contribution >= 4 is 29.1 Å². The first kappa shape index (κ1) is 19.7. The molecule has 1 aliphatic heterocycles. The first-order valence-electron chi connectivity index (χ1n) is 9.90. The van der Waals surface area contributed by atoms with Crippen LogP contribution < -0.4 is 0 Å². The Morgan fingerprint density at radius 1 is 1.00 bits per heavy atom. The molecule has 0 radical (unpaired) electrons. The molecule has 4 rings (SSSR count). The van der Waals surface area contributed by atoms with Crippen LogP contribution in [0.3, 0.4) is 0 Å². The maximum Gasteiger partial charge on any atom is 0.226 e. The van der Waals surface area contributed by atoms with Crippen molar-refractivity contribution in [1.82, 2.24) is 9.88 Å². The van der Waals surface area contributed by atoms with Crippen molar-refractivity contribution < 1.29 is 9.90 Å². The van der Waals surface area contributed by atoms with Crippen LogP contribution in [0.4, 0.5) is 0 Å². The third-order valence-electron chi connectivity index (χ3n) is 6.06. The fourth-order valence-electron chi connectivity index (χ4n) is 4.44. The van der Waals surface area contributed by atoms with Crippen molar-refractivity contribution in [2.45, 2.75) is 50.7 Å². The van der Waals surface area contributed by atoms with E-state index in [0.29, 0.717) is 16.5 Å². The number of hydrogen-bond donors (Lipinski definition) is 1. The molecule has 0 spiro atoms. The van der Waals surface area contributed by atoms with E-state index in [-0.39, 0.29) is 24.0 Å². The molecular formula is C22H24Cl2N2O2. The van der Waals surface area contributed by atoms with Gasteiger partial charge in [-0.25, -0.2) is 0 Å². The predicted molar refractivity (Wildman–Crippen MR) is 111 cm³/mol. The van der Waals surface area contributed by atoms with Crippen molar-refractivity contribution in [1.29, 1.82) is 0 Å². The molecule has 1 aliphatic carbocycles. The number of amides is 1. The summed E-state index contributed by atoms with van der Waals surface area (Å²) < 4.78 is 0. The Bertz CT molecular complexity index is 828. The van der Waals surface area contributed by atoms with Gasteiger partial charge in [0.15, 0.2) is 0 Å². The fraction of sp³-hybridized carbons (Fsp3) is 0.455. The standard InChI is InChI=1S/C22H24Cl2N2O2/c23-20-12-16(14-5-8-25-9-6-14)13-21(24)19(20)11-15-7-10-26(22(15)28)17-1-3-18(27)4-2-17/h5-6,8-9,12-13,15,17-18,27H,1-4,7,10-11H2/t15?,17-,18+. The second kappa shape index (κ2) is 8.40. The number of rotatable bonds is 4. The number of aliphatic hydroxyl groups excluding tert-OH is 1. The second-order valence-corrected chi connectivity index (χ2v) is 8.65. The molecule has 148 valence electrons. The van der Waals surface area contributed by atoms with Crippen molar-refractivity contribution in [2.24, 2.45) is 5.92 Å². The van der Waals surface area contributed by atoms with E-state index in [1.165, 1.54) is 0 Å². The lowest BCUT2D eigenvalue weighted by molar-refractivity contribution is -0.133. The van der Waals surface area contributed by atoms with Gasteiger partial charge in [0, 0.05) is 40.9 Å². The smallest absolute Gasteiger partial charge is 0.226 e. The third kappa shape index (κ3) is 4.05. The van der Waals surface area contributed by atoms with Gasteiger partial charge in [0.2, 0.25) is 5.91 Å². The molecule has 1 unspecified atom stereocenters. The lowest BCUT2D eigenvalue weighted by Gasteiger charge is -2.33. The molecule has 1 saturated carbocycles. The molecule has 4 nitrogen and oxygen atoms in total.